The number of furan rings is 1. The van der Waals surface area contributed by atoms with Crippen molar-refractivity contribution in [3.8, 4) is 11.1 Å². The molecule has 1 aromatic heterocycles. The minimum atomic E-state index is -0.836. The second-order valence-electron chi connectivity index (χ2n) is 7.64. The monoisotopic (exact) mass is 394 g/mol. The van der Waals surface area contributed by atoms with Gasteiger partial charge >= 0.3 is 0 Å². The van der Waals surface area contributed by atoms with Crippen molar-refractivity contribution < 1.29 is 18.7 Å². The fourth-order valence-electron chi connectivity index (χ4n) is 3.54. The van der Waals surface area contributed by atoms with Gasteiger partial charge < -0.3 is 9.52 Å². The van der Waals surface area contributed by atoms with Crippen LogP contribution < -0.4 is 0 Å². The molecule has 2 aromatic carbocycles. The van der Waals surface area contributed by atoms with Crippen LogP contribution in [0.25, 0.3) is 28.2 Å². The topological polar surface area (TPSA) is 50.4 Å². The predicted octanol–water partition coefficient (Wildman–Crippen LogP) is 6.50. The number of Topliss-reactive ketones (excluding diaryl/α,β-unsaturated/α-hetero) is 1. The van der Waals surface area contributed by atoms with Gasteiger partial charge in [-0.15, -0.1) is 0 Å². The standard InChI is InChI=1S/C25H27FO3/c1-4-6-19(27)15-20(28)13-14-22-24-21(17-9-11-18(26)12-10-17)7-5-8-23(24)29-25(22)16(2)3/h5,7-14,16,20,28H,4,6,15H2,1-3H3. The molecule has 0 radical (unpaired) electrons. The average molecular weight is 394 g/mol. The highest BCUT2D eigenvalue weighted by molar-refractivity contribution is 6.00. The summed E-state index contributed by atoms with van der Waals surface area (Å²) in [5, 5.41) is 11.2. The number of halogens is 1. The van der Waals surface area contributed by atoms with Crippen molar-refractivity contribution in [1.29, 1.82) is 0 Å². The Morgan fingerprint density at radius 2 is 1.90 bits per heavy atom. The molecule has 0 saturated carbocycles. The highest BCUT2D eigenvalue weighted by Gasteiger charge is 2.19. The van der Waals surface area contributed by atoms with Crippen LogP contribution in [0.1, 0.15) is 57.3 Å². The number of fused-ring (bicyclic) bond motifs is 1. The molecule has 4 heteroatoms. The van der Waals surface area contributed by atoms with Crippen LogP contribution in [0.4, 0.5) is 4.39 Å². The van der Waals surface area contributed by atoms with Crippen LogP contribution >= 0.6 is 0 Å². The molecule has 0 aliphatic carbocycles. The van der Waals surface area contributed by atoms with Gasteiger partial charge in [0.15, 0.2) is 0 Å². The van der Waals surface area contributed by atoms with Crippen molar-refractivity contribution in [2.45, 2.75) is 52.1 Å². The van der Waals surface area contributed by atoms with E-state index in [9.17, 15) is 14.3 Å². The number of benzene rings is 2. The van der Waals surface area contributed by atoms with Crippen molar-refractivity contribution in [3.05, 3.63) is 65.7 Å². The van der Waals surface area contributed by atoms with E-state index in [0.717, 1.165) is 39.8 Å². The van der Waals surface area contributed by atoms with Gasteiger partial charge in [-0.2, -0.15) is 0 Å². The van der Waals surface area contributed by atoms with Crippen LogP contribution in [0, 0.1) is 5.82 Å². The minimum Gasteiger partial charge on any atom is -0.460 e. The smallest absolute Gasteiger partial charge is 0.135 e. The summed E-state index contributed by atoms with van der Waals surface area (Å²) in [7, 11) is 0. The molecule has 0 saturated heterocycles. The van der Waals surface area contributed by atoms with Gasteiger partial charge in [-0.05, 0) is 35.7 Å². The van der Waals surface area contributed by atoms with Gasteiger partial charge in [0.1, 0.15) is 22.9 Å². The fraction of sp³-hybridized carbons (Fsp3) is 0.320. The number of hydrogen-bond acceptors (Lipinski definition) is 3. The second kappa shape index (κ2) is 9.19. The maximum Gasteiger partial charge on any atom is 0.135 e. The first-order valence-electron chi connectivity index (χ1n) is 10.1. The van der Waals surface area contributed by atoms with E-state index in [1.54, 1.807) is 18.2 Å². The quantitative estimate of drug-likeness (QED) is 0.475. The Bertz CT molecular complexity index is 1010. The Morgan fingerprint density at radius 3 is 2.55 bits per heavy atom. The van der Waals surface area contributed by atoms with Crippen LogP contribution in [0.5, 0.6) is 0 Å². The van der Waals surface area contributed by atoms with E-state index in [2.05, 4.69) is 0 Å². The lowest BCUT2D eigenvalue weighted by atomic mass is 9.95. The summed E-state index contributed by atoms with van der Waals surface area (Å²) in [4.78, 5) is 11.8. The zero-order chi connectivity index (χ0) is 21.0. The molecule has 0 aliphatic rings. The van der Waals surface area contributed by atoms with Gasteiger partial charge in [-0.3, -0.25) is 4.79 Å². The van der Waals surface area contributed by atoms with E-state index in [0.29, 0.717) is 6.42 Å². The molecule has 0 aliphatic heterocycles. The molecule has 1 unspecified atom stereocenters. The number of aliphatic hydroxyl groups is 1. The molecule has 29 heavy (non-hydrogen) atoms. The molecular formula is C25H27FO3. The zero-order valence-corrected chi connectivity index (χ0v) is 17.1. The van der Waals surface area contributed by atoms with Crippen LogP contribution in [0.2, 0.25) is 0 Å². The zero-order valence-electron chi connectivity index (χ0n) is 17.1. The molecular weight excluding hydrogens is 367 g/mol. The Kier molecular flexibility index (Phi) is 6.65. The highest BCUT2D eigenvalue weighted by Crippen LogP contribution is 2.38. The second-order valence-corrected chi connectivity index (χ2v) is 7.64. The van der Waals surface area contributed by atoms with Crippen LogP contribution in [-0.4, -0.2) is 17.0 Å². The third-order valence-electron chi connectivity index (χ3n) is 4.91. The molecule has 3 rings (SSSR count). The molecule has 0 fully saturated rings. The highest BCUT2D eigenvalue weighted by atomic mass is 19.1. The van der Waals surface area contributed by atoms with Gasteiger partial charge in [0.05, 0.1) is 6.10 Å². The normalized spacial score (nSPS) is 12.9. The maximum absolute atomic E-state index is 13.4. The molecule has 1 N–H and O–H groups in total. The Hall–Kier alpha value is -2.72. The van der Waals surface area contributed by atoms with E-state index in [4.69, 9.17) is 4.42 Å². The number of rotatable bonds is 8. The third kappa shape index (κ3) is 4.83. The van der Waals surface area contributed by atoms with Crippen molar-refractivity contribution in [1.82, 2.24) is 0 Å². The van der Waals surface area contributed by atoms with Crippen LogP contribution in [0.15, 0.2) is 53.0 Å². The largest absolute Gasteiger partial charge is 0.460 e. The SMILES string of the molecule is CCCC(=O)CC(O)C=Cc1c(C(C)C)oc2cccc(-c3ccc(F)cc3)c12. The van der Waals surface area contributed by atoms with Crippen LogP contribution in [-0.2, 0) is 4.79 Å². The average Bonchev–Trinajstić information content (AvgIpc) is 3.06. The van der Waals surface area contributed by atoms with Gasteiger partial charge in [-0.1, -0.05) is 57.2 Å². The first-order valence-corrected chi connectivity index (χ1v) is 10.1. The Morgan fingerprint density at radius 1 is 1.17 bits per heavy atom. The summed E-state index contributed by atoms with van der Waals surface area (Å²) in [6, 6.07) is 12.2. The summed E-state index contributed by atoms with van der Waals surface area (Å²) < 4.78 is 19.5. The Balaban J connectivity index is 2.07. The fourth-order valence-corrected chi connectivity index (χ4v) is 3.54. The van der Waals surface area contributed by atoms with Crippen molar-refractivity contribution >= 4 is 22.8 Å². The summed E-state index contributed by atoms with van der Waals surface area (Å²) >= 11 is 0. The van der Waals surface area contributed by atoms with Gasteiger partial charge in [-0.25, -0.2) is 4.39 Å². The summed E-state index contributed by atoms with van der Waals surface area (Å²) in [6.07, 6.45) is 4.04. The summed E-state index contributed by atoms with van der Waals surface area (Å²) in [5.74, 6) is 0.730. The number of hydrogen-bond donors (Lipinski definition) is 1. The van der Waals surface area contributed by atoms with E-state index >= 15 is 0 Å². The lowest BCUT2D eigenvalue weighted by molar-refractivity contribution is -0.120. The van der Waals surface area contributed by atoms with Gasteiger partial charge in [0.2, 0.25) is 0 Å². The number of ketones is 1. The first-order chi connectivity index (χ1) is 13.9. The lowest BCUT2D eigenvalue weighted by Crippen LogP contribution is -2.10. The maximum atomic E-state index is 13.4. The van der Waals surface area contributed by atoms with Crippen LogP contribution in [0.3, 0.4) is 0 Å². The molecule has 0 spiro atoms. The number of carbonyl (C=O) groups is 1. The molecule has 3 aromatic rings. The summed E-state index contributed by atoms with van der Waals surface area (Å²) in [5.41, 5.74) is 3.46. The van der Waals surface area contributed by atoms with Gasteiger partial charge in [0, 0.05) is 29.7 Å². The van der Waals surface area contributed by atoms with E-state index < -0.39 is 6.10 Å². The van der Waals surface area contributed by atoms with Gasteiger partial charge in [0.25, 0.3) is 0 Å². The van der Waals surface area contributed by atoms with Crippen molar-refractivity contribution in [2.75, 3.05) is 0 Å². The molecule has 1 heterocycles. The number of carbonyl (C=O) groups excluding carboxylic acids is 1. The predicted molar refractivity (Wildman–Crippen MR) is 115 cm³/mol. The first kappa shape index (κ1) is 21.0. The molecule has 0 amide bonds. The molecule has 1 atom stereocenters. The van der Waals surface area contributed by atoms with Crippen molar-refractivity contribution in [2.24, 2.45) is 0 Å². The third-order valence-corrected chi connectivity index (χ3v) is 4.91. The van der Waals surface area contributed by atoms with E-state index in [1.165, 1.54) is 12.1 Å². The van der Waals surface area contributed by atoms with E-state index in [-0.39, 0.29) is 23.9 Å². The molecule has 0 bridgehead atoms. The summed E-state index contributed by atoms with van der Waals surface area (Å²) in [6.45, 7) is 6.05. The van der Waals surface area contributed by atoms with Crippen molar-refractivity contribution in [3.63, 3.8) is 0 Å². The molecule has 152 valence electrons. The van der Waals surface area contributed by atoms with E-state index in [1.807, 2.05) is 45.0 Å². The number of aliphatic hydroxyl groups excluding tert-OH is 1. The minimum absolute atomic E-state index is 0.0535. The molecule has 3 nitrogen and oxygen atoms in total. The lowest BCUT2D eigenvalue weighted by Gasteiger charge is -2.07. The Labute approximate surface area is 170 Å².